The van der Waals surface area contributed by atoms with Crippen LogP contribution in [0.3, 0.4) is 0 Å². The fourth-order valence-electron chi connectivity index (χ4n) is 4.93. The van der Waals surface area contributed by atoms with Crippen molar-refractivity contribution in [3.05, 3.63) is 59.2 Å². The Kier molecular flexibility index (Phi) is 6.57. The Morgan fingerprint density at radius 2 is 2.03 bits per heavy atom. The van der Waals surface area contributed by atoms with E-state index in [9.17, 15) is 9.59 Å². The number of ether oxygens (including phenoxy) is 2. The first-order valence-electron chi connectivity index (χ1n) is 12.0. The van der Waals surface area contributed by atoms with Crippen molar-refractivity contribution in [3.63, 3.8) is 0 Å². The number of hydrogen-bond donors (Lipinski definition) is 1. The van der Waals surface area contributed by atoms with Gasteiger partial charge in [0.2, 0.25) is 0 Å². The molecule has 0 aliphatic carbocycles. The molecule has 2 saturated heterocycles. The Labute approximate surface area is 212 Å². The molecule has 2 atom stereocenters. The molecule has 0 spiro atoms. The van der Waals surface area contributed by atoms with Gasteiger partial charge in [-0.15, -0.1) is 0 Å². The van der Waals surface area contributed by atoms with Gasteiger partial charge in [0.1, 0.15) is 17.3 Å². The van der Waals surface area contributed by atoms with Gasteiger partial charge in [-0.3, -0.25) is 0 Å². The molecule has 11 heteroatoms. The highest BCUT2D eigenvalue weighted by Crippen LogP contribution is 2.35. The van der Waals surface area contributed by atoms with E-state index in [1.54, 1.807) is 21.4 Å². The van der Waals surface area contributed by atoms with E-state index < -0.39 is 23.8 Å². The average molecular weight is 512 g/mol. The normalized spacial score (nSPS) is 19.8. The van der Waals surface area contributed by atoms with Crippen LogP contribution < -0.4 is 10.2 Å². The smallest absolute Gasteiger partial charge is 0.409 e. The molecule has 0 saturated carbocycles. The van der Waals surface area contributed by atoms with Crippen molar-refractivity contribution >= 4 is 23.4 Å². The molecule has 3 aromatic rings. The number of pyridine rings is 1. The number of benzene rings is 1. The first kappa shape index (κ1) is 24.7. The van der Waals surface area contributed by atoms with E-state index >= 15 is 8.78 Å². The Morgan fingerprint density at radius 3 is 2.73 bits per heavy atom. The largest absolute Gasteiger partial charge is 0.453 e. The van der Waals surface area contributed by atoms with E-state index in [0.29, 0.717) is 31.0 Å². The van der Waals surface area contributed by atoms with Crippen LogP contribution in [-0.2, 0) is 20.7 Å². The van der Waals surface area contributed by atoms with E-state index in [-0.39, 0.29) is 41.8 Å². The van der Waals surface area contributed by atoms with E-state index in [1.807, 2.05) is 26.0 Å². The van der Waals surface area contributed by atoms with Crippen LogP contribution in [0.2, 0.25) is 0 Å². The standard InChI is InChI=1S/C26H27F2N5O4/c1-15-4-5-32-21(11-18-13-31(6-7-37-18)26(35)36-3)25(30-22(32)8-15)24-19(27)9-17(10-20(24)28)33-12-16(2)29-23(33)14-34/h4-5,8-10,16,18,29H,6-7,11-13H2,1-3H3/t16?,18-/m0/s1. The third kappa shape index (κ3) is 4.63. The lowest BCUT2D eigenvalue weighted by Crippen LogP contribution is -2.46. The molecule has 37 heavy (non-hydrogen) atoms. The summed E-state index contributed by atoms with van der Waals surface area (Å²) < 4.78 is 43.7. The predicted molar refractivity (Wildman–Crippen MR) is 132 cm³/mol. The zero-order valence-electron chi connectivity index (χ0n) is 20.8. The minimum atomic E-state index is -0.804. The van der Waals surface area contributed by atoms with Gasteiger partial charge in [0.15, 0.2) is 11.8 Å². The number of hydrogen-bond acceptors (Lipinski definition) is 7. The molecular weight excluding hydrogens is 484 g/mol. The van der Waals surface area contributed by atoms with Crippen LogP contribution in [0.15, 0.2) is 36.3 Å². The predicted octanol–water partition coefficient (Wildman–Crippen LogP) is 3.07. The molecule has 0 bridgehead atoms. The maximum Gasteiger partial charge on any atom is 0.409 e. The van der Waals surface area contributed by atoms with Crippen molar-refractivity contribution < 1.29 is 27.8 Å². The fraction of sp³-hybridized carbons (Fsp3) is 0.385. The topological polar surface area (TPSA) is 88.4 Å². The van der Waals surface area contributed by atoms with Crippen LogP contribution in [0.5, 0.6) is 0 Å². The van der Waals surface area contributed by atoms with Crippen molar-refractivity contribution in [2.45, 2.75) is 32.4 Å². The van der Waals surface area contributed by atoms with Gasteiger partial charge in [-0.25, -0.2) is 23.4 Å². The number of methoxy groups -OCH3 is 1. The Morgan fingerprint density at radius 1 is 1.27 bits per heavy atom. The van der Waals surface area contributed by atoms with Gasteiger partial charge in [-0.1, -0.05) is 0 Å². The summed E-state index contributed by atoms with van der Waals surface area (Å²) in [5, 5.41) is 2.94. The molecule has 2 aromatic heterocycles. The molecule has 5 rings (SSSR count). The van der Waals surface area contributed by atoms with Gasteiger partial charge >= 0.3 is 6.09 Å². The van der Waals surface area contributed by atoms with Crippen LogP contribution >= 0.6 is 0 Å². The Hall–Kier alpha value is -3.95. The lowest BCUT2D eigenvalue weighted by molar-refractivity contribution is -0.0241. The second kappa shape index (κ2) is 9.84. The second-order valence-electron chi connectivity index (χ2n) is 9.34. The molecule has 1 aromatic carbocycles. The van der Waals surface area contributed by atoms with Crippen LogP contribution in [-0.4, -0.2) is 71.8 Å². The third-order valence-corrected chi connectivity index (χ3v) is 6.65. The number of morpholine rings is 1. The molecule has 1 N–H and O–H groups in total. The van der Waals surface area contributed by atoms with Gasteiger partial charge in [-0.05, 0) is 43.7 Å². The summed E-state index contributed by atoms with van der Waals surface area (Å²) >= 11 is 0. The van der Waals surface area contributed by atoms with Crippen LogP contribution in [0.4, 0.5) is 19.3 Å². The molecule has 1 amide bonds. The van der Waals surface area contributed by atoms with Gasteiger partial charge in [0, 0.05) is 37.4 Å². The number of aromatic nitrogens is 2. The molecule has 9 nitrogen and oxygen atoms in total. The third-order valence-electron chi connectivity index (χ3n) is 6.65. The summed E-state index contributed by atoms with van der Waals surface area (Å²) in [6, 6.07) is 6.04. The number of amides is 1. The number of anilines is 1. The van der Waals surface area contributed by atoms with Crippen LogP contribution in [0.25, 0.3) is 16.9 Å². The molecule has 194 valence electrons. The number of halogens is 2. The van der Waals surface area contributed by atoms with E-state index in [2.05, 4.69) is 10.3 Å². The van der Waals surface area contributed by atoms with Crippen LogP contribution in [0.1, 0.15) is 18.2 Å². The summed E-state index contributed by atoms with van der Waals surface area (Å²) in [5.74, 6) is 0.316. The fourth-order valence-corrected chi connectivity index (χ4v) is 4.93. The van der Waals surface area contributed by atoms with Crippen molar-refractivity contribution in [3.8, 4) is 11.3 Å². The first-order chi connectivity index (χ1) is 17.8. The highest BCUT2D eigenvalue weighted by molar-refractivity contribution is 5.73. The second-order valence-corrected chi connectivity index (χ2v) is 9.34. The monoisotopic (exact) mass is 511 g/mol. The average Bonchev–Trinajstić information content (AvgIpc) is 3.42. The number of imidazole rings is 1. The van der Waals surface area contributed by atoms with Crippen molar-refractivity contribution in [1.29, 1.82) is 0 Å². The molecule has 1 unspecified atom stereocenters. The van der Waals surface area contributed by atoms with Gasteiger partial charge in [-0.2, -0.15) is 0 Å². The molecule has 0 radical (unpaired) electrons. The highest BCUT2D eigenvalue weighted by Gasteiger charge is 2.31. The summed E-state index contributed by atoms with van der Waals surface area (Å²) in [6.07, 6.45) is 1.19. The lowest BCUT2D eigenvalue weighted by Gasteiger charge is -2.32. The number of carbonyl (C=O) groups excluding carboxylic acids is 2. The number of aryl methyl sites for hydroxylation is 1. The number of rotatable bonds is 4. The summed E-state index contributed by atoms with van der Waals surface area (Å²) in [4.78, 5) is 31.0. The number of nitrogens with zero attached hydrogens (tertiary/aromatic N) is 4. The summed E-state index contributed by atoms with van der Waals surface area (Å²) in [5.41, 5.74) is 2.14. The van der Waals surface area contributed by atoms with E-state index in [1.165, 1.54) is 24.1 Å². The SMILES string of the molecule is COC(=O)N1CCO[C@@H](Cc2c(-c3c(F)cc(N4CC(C)NC4=C=O)cc3F)nc3cc(C)ccn23)C1. The zero-order chi connectivity index (χ0) is 26.3. The van der Waals surface area contributed by atoms with Crippen LogP contribution in [0, 0.1) is 18.6 Å². The summed E-state index contributed by atoms with van der Waals surface area (Å²) in [7, 11) is 1.32. The molecule has 2 aliphatic heterocycles. The molecule has 4 heterocycles. The van der Waals surface area contributed by atoms with Gasteiger partial charge < -0.3 is 29.0 Å². The number of fused-ring (bicyclic) bond motifs is 1. The van der Waals surface area contributed by atoms with E-state index in [4.69, 9.17) is 9.47 Å². The minimum Gasteiger partial charge on any atom is -0.453 e. The highest BCUT2D eigenvalue weighted by atomic mass is 19.1. The summed E-state index contributed by atoms with van der Waals surface area (Å²) in [6.45, 7) is 5.13. The van der Waals surface area contributed by atoms with Crippen molar-refractivity contribution in [2.24, 2.45) is 0 Å². The van der Waals surface area contributed by atoms with Gasteiger partial charge in [0.25, 0.3) is 0 Å². The lowest BCUT2D eigenvalue weighted by atomic mass is 10.0. The maximum absolute atomic E-state index is 15.6. The van der Waals surface area contributed by atoms with E-state index in [0.717, 1.165) is 5.56 Å². The zero-order valence-corrected chi connectivity index (χ0v) is 20.8. The Balaban J connectivity index is 1.56. The van der Waals surface area contributed by atoms with Gasteiger partial charge in [0.05, 0.1) is 43.3 Å². The quantitative estimate of drug-likeness (QED) is 0.539. The number of nitrogens with one attached hydrogen (secondary N) is 1. The molecule has 2 aliphatic rings. The minimum absolute atomic E-state index is 0.0735. The Bertz CT molecular complexity index is 1390. The first-order valence-corrected chi connectivity index (χ1v) is 12.0. The molecule has 2 fully saturated rings. The van der Waals surface area contributed by atoms with Crippen molar-refractivity contribution in [1.82, 2.24) is 19.6 Å². The number of carbonyl (C=O) groups is 1. The molecular formula is C26H27F2N5O4. The maximum atomic E-state index is 15.6. The van der Waals surface area contributed by atoms with Crippen molar-refractivity contribution in [2.75, 3.05) is 38.3 Å².